The van der Waals surface area contributed by atoms with Crippen molar-refractivity contribution in [3.63, 3.8) is 0 Å². The van der Waals surface area contributed by atoms with Crippen molar-refractivity contribution in [3.8, 4) is 0 Å². The van der Waals surface area contributed by atoms with Gasteiger partial charge in [0.2, 0.25) is 29.5 Å². The van der Waals surface area contributed by atoms with Crippen molar-refractivity contribution in [2.24, 2.45) is 17.2 Å². The maximum absolute atomic E-state index is 12.5. The van der Waals surface area contributed by atoms with Crippen LogP contribution in [-0.2, 0) is 28.8 Å². The number of hydrogen-bond acceptors (Lipinski definition) is 9. The van der Waals surface area contributed by atoms with Crippen LogP contribution >= 0.6 is 0 Å². The van der Waals surface area contributed by atoms with Gasteiger partial charge in [0.25, 0.3) is 0 Å². The summed E-state index contributed by atoms with van der Waals surface area (Å²) in [6.07, 6.45) is -2.65. The molecule has 0 aliphatic rings. The maximum atomic E-state index is 12.5. The van der Waals surface area contributed by atoms with Crippen molar-refractivity contribution in [3.05, 3.63) is 0 Å². The van der Waals surface area contributed by atoms with Gasteiger partial charge in [-0.05, 0) is 13.3 Å². The van der Waals surface area contributed by atoms with Gasteiger partial charge >= 0.3 is 5.97 Å². The smallest absolute Gasteiger partial charge is 0.328 e. The van der Waals surface area contributed by atoms with Crippen LogP contribution in [0.1, 0.15) is 26.2 Å². The Kier molecular flexibility index (Phi) is 11.7. The zero-order chi connectivity index (χ0) is 24.3. The number of carbonyl (C=O) groups is 6. The number of hydrogen-bond donors (Lipinski definition) is 9. The standard InChI is InChI=1S/C16H28N6O9/c1-6(24)12(16(30)31)22-15(29)9(5-23)21-14(28)8(2-3-10(18)25)20-13(27)7(17)4-11(19)26/h6-9,12,23-24H,2-5,17H2,1H3,(H2,18,25)(H2,19,26)(H,20,27)(H,21,28)(H,22,29)(H,30,31). The molecule has 0 heterocycles. The van der Waals surface area contributed by atoms with E-state index in [1.807, 2.05) is 5.32 Å². The largest absolute Gasteiger partial charge is 0.480 e. The summed E-state index contributed by atoms with van der Waals surface area (Å²) >= 11 is 0. The molecule has 15 heteroatoms. The molecule has 12 N–H and O–H groups in total. The number of carboxylic acids is 1. The molecular formula is C16H28N6O9. The number of carbonyl (C=O) groups excluding carboxylic acids is 5. The van der Waals surface area contributed by atoms with Crippen molar-refractivity contribution < 1.29 is 44.1 Å². The highest BCUT2D eigenvalue weighted by molar-refractivity contribution is 5.95. The quantitative estimate of drug-likeness (QED) is 0.121. The van der Waals surface area contributed by atoms with E-state index in [2.05, 4.69) is 10.6 Å². The molecule has 5 atom stereocenters. The summed E-state index contributed by atoms with van der Waals surface area (Å²) in [4.78, 5) is 69.7. The number of nitrogens with two attached hydrogens (primary N) is 3. The molecule has 0 aliphatic carbocycles. The van der Waals surface area contributed by atoms with Gasteiger partial charge < -0.3 is 48.5 Å². The molecule has 0 aromatic rings. The first kappa shape index (κ1) is 27.7. The lowest BCUT2D eigenvalue weighted by Gasteiger charge is -2.24. The van der Waals surface area contributed by atoms with E-state index in [0.29, 0.717) is 0 Å². The molecule has 0 aliphatic heterocycles. The van der Waals surface area contributed by atoms with Crippen molar-refractivity contribution >= 4 is 35.5 Å². The van der Waals surface area contributed by atoms with E-state index in [9.17, 15) is 39.0 Å². The first-order valence-electron chi connectivity index (χ1n) is 9.05. The Labute approximate surface area is 176 Å². The molecule has 0 fully saturated rings. The fourth-order valence-corrected chi connectivity index (χ4v) is 2.25. The molecule has 0 saturated carbocycles. The summed E-state index contributed by atoms with van der Waals surface area (Å²) < 4.78 is 0. The van der Waals surface area contributed by atoms with Crippen LogP contribution in [0.15, 0.2) is 0 Å². The molecule has 176 valence electrons. The second-order valence-corrected chi connectivity index (χ2v) is 6.65. The van der Waals surface area contributed by atoms with Gasteiger partial charge in [0.15, 0.2) is 6.04 Å². The summed E-state index contributed by atoms with van der Waals surface area (Å²) in [5, 5.41) is 34.0. The molecule has 5 unspecified atom stereocenters. The Balaban J connectivity index is 5.32. The third-order valence-corrected chi connectivity index (χ3v) is 3.93. The SMILES string of the molecule is CC(O)C(NC(=O)C(CO)NC(=O)C(CCC(N)=O)NC(=O)C(N)CC(N)=O)C(=O)O. The third kappa shape index (κ3) is 10.3. The topological polar surface area (TPSA) is 277 Å². The molecule has 0 rings (SSSR count). The molecule has 0 bridgehead atoms. The van der Waals surface area contributed by atoms with Crippen LogP contribution < -0.4 is 33.2 Å². The van der Waals surface area contributed by atoms with E-state index < -0.39 is 78.8 Å². The van der Waals surface area contributed by atoms with Crippen LogP contribution in [-0.4, -0.2) is 87.7 Å². The Bertz CT molecular complexity index is 699. The van der Waals surface area contributed by atoms with Crippen LogP contribution in [0.2, 0.25) is 0 Å². The Hall–Kier alpha value is -3.30. The van der Waals surface area contributed by atoms with Gasteiger partial charge in [-0.3, -0.25) is 24.0 Å². The second-order valence-electron chi connectivity index (χ2n) is 6.65. The third-order valence-electron chi connectivity index (χ3n) is 3.93. The lowest BCUT2D eigenvalue weighted by Crippen LogP contribution is -2.59. The van der Waals surface area contributed by atoms with Crippen molar-refractivity contribution in [2.45, 2.75) is 56.5 Å². The van der Waals surface area contributed by atoms with Gasteiger partial charge in [0.05, 0.1) is 25.2 Å². The highest BCUT2D eigenvalue weighted by Crippen LogP contribution is 2.01. The van der Waals surface area contributed by atoms with Crippen molar-refractivity contribution in [2.75, 3.05) is 6.61 Å². The van der Waals surface area contributed by atoms with Crippen molar-refractivity contribution in [1.82, 2.24) is 16.0 Å². The molecule has 0 aromatic carbocycles. The maximum Gasteiger partial charge on any atom is 0.328 e. The molecule has 0 saturated heterocycles. The van der Waals surface area contributed by atoms with Gasteiger partial charge in [-0.1, -0.05) is 0 Å². The number of aliphatic carboxylic acids is 1. The average Bonchev–Trinajstić information content (AvgIpc) is 2.65. The molecule has 0 spiro atoms. The molecular weight excluding hydrogens is 420 g/mol. The number of carboxylic acid groups (broad SMARTS) is 1. The van der Waals surface area contributed by atoms with Crippen LogP contribution in [0.3, 0.4) is 0 Å². The summed E-state index contributed by atoms with van der Waals surface area (Å²) in [5.74, 6) is -6.33. The van der Waals surface area contributed by atoms with Crippen LogP contribution in [0.25, 0.3) is 0 Å². The van der Waals surface area contributed by atoms with Gasteiger partial charge in [-0.15, -0.1) is 0 Å². The highest BCUT2D eigenvalue weighted by Gasteiger charge is 2.31. The monoisotopic (exact) mass is 448 g/mol. The molecule has 0 radical (unpaired) electrons. The zero-order valence-corrected chi connectivity index (χ0v) is 16.7. The first-order chi connectivity index (χ1) is 14.3. The summed E-state index contributed by atoms with van der Waals surface area (Å²) in [6.45, 7) is 0.151. The van der Waals surface area contributed by atoms with Gasteiger partial charge in [0, 0.05) is 6.42 Å². The number of aliphatic hydroxyl groups is 2. The lowest BCUT2D eigenvalue weighted by molar-refractivity contribution is -0.145. The Morgan fingerprint density at radius 2 is 1.39 bits per heavy atom. The Morgan fingerprint density at radius 3 is 1.81 bits per heavy atom. The van der Waals surface area contributed by atoms with E-state index in [1.165, 1.54) is 0 Å². The minimum Gasteiger partial charge on any atom is -0.480 e. The minimum absolute atomic E-state index is 0.304. The van der Waals surface area contributed by atoms with Crippen LogP contribution in [0.5, 0.6) is 0 Å². The summed E-state index contributed by atoms with van der Waals surface area (Å²) in [6, 6.07) is -6.19. The van der Waals surface area contributed by atoms with E-state index in [-0.39, 0.29) is 12.8 Å². The summed E-state index contributed by atoms with van der Waals surface area (Å²) in [7, 11) is 0. The molecule has 15 nitrogen and oxygen atoms in total. The fourth-order valence-electron chi connectivity index (χ4n) is 2.25. The second kappa shape index (κ2) is 13.1. The first-order valence-corrected chi connectivity index (χ1v) is 9.05. The lowest BCUT2D eigenvalue weighted by atomic mass is 10.1. The van der Waals surface area contributed by atoms with Gasteiger partial charge in [-0.2, -0.15) is 0 Å². The van der Waals surface area contributed by atoms with Gasteiger partial charge in [0.1, 0.15) is 12.1 Å². The van der Waals surface area contributed by atoms with Crippen molar-refractivity contribution in [1.29, 1.82) is 0 Å². The number of aliphatic hydroxyl groups excluding tert-OH is 2. The fraction of sp³-hybridized carbons (Fsp3) is 0.625. The number of amides is 5. The van der Waals surface area contributed by atoms with Crippen LogP contribution in [0.4, 0.5) is 0 Å². The number of nitrogens with one attached hydrogen (secondary N) is 3. The minimum atomic E-state index is -1.71. The normalized spacial score (nSPS) is 15.5. The predicted octanol–water partition coefficient (Wildman–Crippen LogP) is -5.63. The zero-order valence-electron chi connectivity index (χ0n) is 16.7. The van der Waals surface area contributed by atoms with Gasteiger partial charge in [-0.25, -0.2) is 4.79 Å². The van der Waals surface area contributed by atoms with Crippen LogP contribution in [0, 0.1) is 0 Å². The predicted molar refractivity (Wildman–Crippen MR) is 102 cm³/mol. The van der Waals surface area contributed by atoms with E-state index in [1.54, 1.807) is 0 Å². The Morgan fingerprint density at radius 1 is 0.871 bits per heavy atom. The van der Waals surface area contributed by atoms with E-state index in [0.717, 1.165) is 6.92 Å². The number of primary amides is 2. The molecule has 31 heavy (non-hydrogen) atoms. The van der Waals surface area contributed by atoms with E-state index >= 15 is 0 Å². The molecule has 0 aromatic heterocycles. The average molecular weight is 448 g/mol. The number of rotatable bonds is 14. The summed E-state index contributed by atoms with van der Waals surface area (Å²) in [5.41, 5.74) is 15.5. The van der Waals surface area contributed by atoms with E-state index in [4.69, 9.17) is 22.3 Å². The molecule has 5 amide bonds. The highest BCUT2D eigenvalue weighted by atomic mass is 16.4.